The summed E-state index contributed by atoms with van der Waals surface area (Å²) in [4.78, 5) is 0. The van der Waals surface area contributed by atoms with Gasteiger partial charge in [0.2, 0.25) is 0 Å². The molecule has 0 N–H and O–H groups in total. The van der Waals surface area contributed by atoms with Crippen LogP contribution in [0.4, 0.5) is 0 Å². The zero-order valence-corrected chi connectivity index (χ0v) is 37.5. The van der Waals surface area contributed by atoms with Crippen LogP contribution in [0.3, 0.4) is 0 Å². The first-order valence-corrected chi connectivity index (χ1v) is 41.8. The monoisotopic (exact) mass is 930 g/mol. The maximum atomic E-state index is 2.83. The molecule has 0 aromatic heterocycles. The third-order valence-electron chi connectivity index (χ3n) is 11.9. The molecule has 0 heterocycles. The van der Waals surface area contributed by atoms with Crippen molar-refractivity contribution in [1.29, 1.82) is 0 Å². The van der Waals surface area contributed by atoms with Crippen LogP contribution in [-0.4, -0.2) is 12.2 Å². The summed E-state index contributed by atoms with van der Waals surface area (Å²) in [6.45, 7) is 4.88. The van der Waals surface area contributed by atoms with Crippen LogP contribution >= 0.6 is 24.8 Å². The predicted octanol–water partition coefficient (Wildman–Crippen LogP) is 12.4. The summed E-state index contributed by atoms with van der Waals surface area (Å²) in [5.74, 6) is 0. The van der Waals surface area contributed by atoms with Crippen molar-refractivity contribution >= 4 is 74.1 Å². The van der Waals surface area contributed by atoms with Crippen LogP contribution in [0.5, 0.6) is 0 Å². The molecule has 7 aromatic rings. The van der Waals surface area contributed by atoms with Crippen LogP contribution < -0.4 is 3.32 Å². The largest absolute Gasteiger partial charge is 0.147 e. The number of halogens is 2. The van der Waals surface area contributed by atoms with Gasteiger partial charge >= 0.3 is 298 Å². The summed E-state index contributed by atoms with van der Waals surface area (Å²) in [7, 11) is 0. The molecule has 0 saturated heterocycles. The number of rotatable bonds is 5. The molecule has 0 spiro atoms. The number of hydrogen-bond acceptors (Lipinski definition) is 0. The van der Waals surface area contributed by atoms with E-state index in [0.29, 0.717) is 7.35 Å². The molecule has 252 valence electrons. The Hall–Kier alpha value is -3.47. The Kier molecular flexibility index (Phi) is 9.51. The fourth-order valence-corrected chi connectivity index (χ4v) is 58.2. The molecule has 2 aliphatic carbocycles. The molecule has 0 fully saturated rings. The van der Waals surface area contributed by atoms with Crippen molar-refractivity contribution < 1.29 is 15.4 Å². The number of benzene rings is 7. The smallest absolute Gasteiger partial charge is 0.147 e. The molecule has 2 aliphatic rings. The Balaban J connectivity index is 0.00000203. The van der Waals surface area contributed by atoms with Gasteiger partial charge in [-0.15, -0.1) is 24.8 Å². The second-order valence-corrected chi connectivity index (χ2v) is 69.3. The third kappa shape index (κ3) is 5.42. The normalized spacial score (nSPS) is 16.5. The van der Waals surface area contributed by atoms with E-state index < -0.39 is 15.4 Å². The van der Waals surface area contributed by atoms with Crippen LogP contribution in [0, 0.1) is 0 Å². The Labute approximate surface area is 319 Å². The summed E-state index contributed by atoms with van der Waals surface area (Å²) in [5, 5.41) is 5.25. The minimum atomic E-state index is -4.25. The fourth-order valence-electron chi connectivity index (χ4n) is 10.0. The van der Waals surface area contributed by atoms with Crippen LogP contribution in [0.15, 0.2) is 163 Å². The molecular weight excluding hydrogens is 887 g/mol. The second kappa shape index (κ2) is 13.5. The quantitative estimate of drug-likeness (QED) is 0.151. The molecule has 0 saturated carbocycles. The van der Waals surface area contributed by atoms with Crippen molar-refractivity contribution in [3.8, 4) is 22.3 Å². The Morgan fingerprint density at radius 2 is 0.804 bits per heavy atom. The molecule has 2 atom stereocenters. The van der Waals surface area contributed by atoms with Gasteiger partial charge in [0.25, 0.3) is 0 Å². The van der Waals surface area contributed by atoms with Crippen molar-refractivity contribution in [1.82, 2.24) is 0 Å². The van der Waals surface area contributed by atoms with E-state index in [2.05, 4.69) is 182 Å². The molecule has 0 amide bonds. The Morgan fingerprint density at radius 1 is 0.431 bits per heavy atom. The van der Waals surface area contributed by atoms with Crippen molar-refractivity contribution in [2.24, 2.45) is 0 Å². The minimum Gasteiger partial charge on any atom is -0.147 e. The van der Waals surface area contributed by atoms with Crippen LogP contribution in [0.25, 0.3) is 56.0 Å². The van der Waals surface area contributed by atoms with Gasteiger partial charge in [0, 0.05) is 0 Å². The van der Waals surface area contributed by atoms with Gasteiger partial charge in [0.05, 0.1) is 0 Å². The molecule has 51 heavy (non-hydrogen) atoms. The maximum absolute atomic E-state index is 4.25. The maximum Gasteiger partial charge on any atom is -0.147 e. The molecule has 0 radical (unpaired) electrons. The number of hydrogen-bond donors (Lipinski definition) is 0. The zero-order chi connectivity index (χ0) is 33.4. The molecule has 0 aliphatic heterocycles. The molecular formula is C47H42Cl2GeHf. The SMILES string of the molecule is CC1=Cc2c(-c3cccc4ccccc34)cccc2[CH]1[Hf]([CH3])(=[GeH2])([c]1ccccc1)[CH]1C(C)=Cc2c(-c3cccc4ccccc34)cccc21.Cl.Cl. The molecule has 9 rings (SSSR count). The van der Waals surface area contributed by atoms with Crippen molar-refractivity contribution in [2.45, 2.75) is 25.9 Å². The Morgan fingerprint density at radius 3 is 1.27 bits per heavy atom. The van der Waals surface area contributed by atoms with Crippen LogP contribution in [-0.2, 0) is 15.4 Å². The summed E-state index contributed by atoms with van der Waals surface area (Å²) in [6.07, 6.45) is 5.13. The van der Waals surface area contributed by atoms with E-state index in [0.717, 1.165) is 0 Å². The first-order valence-electron chi connectivity index (χ1n) is 17.5. The van der Waals surface area contributed by atoms with E-state index in [1.807, 2.05) is 0 Å². The van der Waals surface area contributed by atoms with Gasteiger partial charge in [-0.3, -0.25) is 0 Å². The van der Waals surface area contributed by atoms with Gasteiger partial charge in [0.1, 0.15) is 0 Å². The number of allylic oxidation sites excluding steroid dienone is 2. The second-order valence-electron chi connectivity index (χ2n) is 14.9. The van der Waals surface area contributed by atoms with E-state index in [1.165, 1.54) is 67.1 Å². The van der Waals surface area contributed by atoms with Gasteiger partial charge in [-0.05, 0) is 0 Å². The topological polar surface area (TPSA) is 0 Å². The number of fused-ring (bicyclic) bond motifs is 4. The average molecular weight is 929 g/mol. The van der Waals surface area contributed by atoms with E-state index in [1.54, 1.807) is 25.6 Å². The Bertz CT molecular complexity index is 2450. The van der Waals surface area contributed by atoms with Gasteiger partial charge < -0.3 is 0 Å². The van der Waals surface area contributed by atoms with E-state index >= 15 is 0 Å². The first-order chi connectivity index (χ1) is 23.8. The van der Waals surface area contributed by atoms with Crippen molar-refractivity contribution in [2.75, 3.05) is 0 Å². The predicted molar refractivity (Wildman–Crippen MR) is 227 cm³/mol. The fraction of sp³-hybridized carbons (Fsp3) is 0.106. The average Bonchev–Trinajstić information content (AvgIpc) is 3.68. The summed E-state index contributed by atoms with van der Waals surface area (Å²) in [5.41, 5.74) is 14.4. The first kappa shape index (κ1) is 35.9. The standard InChI is InChI=1S/2C20H15.C6H5.CH3.2ClH.GeH2.Hf/c2*1-14-12-16-8-5-11-19(20(16)13-14)18-10-4-7-15-6-2-3-9-17(15)18;1-2-4-6-5-3-1;;;;;/h2*2-13H,1H3;1-5H;1H3;2*1H;1H2;. The van der Waals surface area contributed by atoms with Crippen LogP contribution in [0.2, 0.25) is 4.68 Å². The van der Waals surface area contributed by atoms with Gasteiger partial charge in [-0.1, -0.05) is 0 Å². The summed E-state index contributed by atoms with van der Waals surface area (Å²) in [6, 6.07) is 57.4. The van der Waals surface area contributed by atoms with Crippen molar-refractivity contribution in [3.05, 3.63) is 185 Å². The van der Waals surface area contributed by atoms with Gasteiger partial charge in [0.15, 0.2) is 0 Å². The summed E-state index contributed by atoms with van der Waals surface area (Å²) >= 11 is -2.93. The molecule has 7 aromatic carbocycles. The van der Waals surface area contributed by atoms with E-state index in [-0.39, 0.29) is 24.8 Å². The van der Waals surface area contributed by atoms with E-state index in [9.17, 15) is 0 Å². The van der Waals surface area contributed by atoms with Crippen LogP contribution in [0.1, 0.15) is 43.5 Å². The van der Waals surface area contributed by atoms with Crippen molar-refractivity contribution in [3.63, 3.8) is 0 Å². The van der Waals surface area contributed by atoms with E-state index in [4.69, 9.17) is 0 Å². The molecule has 0 nitrogen and oxygen atoms in total. The third-order valence-corrected chi connectivity index (χ3v) is 57.1. The zero-order valence-electron chi connectivity index (χ0n) is 29.3. The summed E-state index contributed by atoms with van der Waals surface area (Å²) < 4.78 is 5.34. The molecule has 4 heteroatoms. The molecule has 2 unspecified atom stereocenters. The molecule has 0 bridgehead atoms. The van der Waals surface area contributed by atoms with Gasteiger partial charge in [-0.2, -0.15) is 0 Å². The minimum absolute atomic E-state index is 0. The van der Waals surface area contributed by atoms with Gasteiger partial charge in [-0.25, -0.2) is 0 Å².